The van der Waals surface area contributed by atoms with Crippen LogP contribution >= 0.6 is 24.0 Å². The second-order valence-electron chi connectivity index (χ2n) is 6.99. The fourth-order valence-electron chi connectivity index (χ4n) is 3.04. The van der Waals surface area contributed by atoms with Gasteiger partial charge in [-0.3, -0.25) is 4.79 Å². The summed E-state index contributed by atoms with van der Waals surface area (Å²) >= 11 is 6.36. The standard InChI is InChI=1S/C19H29ClN2O3.ClH/c1-13(2)12-25-18-16(20)9-15(10-17(18)24-4)19(23)22-7-5-14(6-8-22)11-21-3;/h9-10,13-14,21H,5-8,11-12H2,1-4H3;1H. The van der Waals surface area contributed by atoms with Crippen LogP contribution in [0.5, 0.6) is 11.5 Å². The van der Waals surface area contributed by atoms with Gasteiger partial charge in [0.1, 0.15) is 0 Å². The first-order chi connectivity index (χ1) is 12.0. The molecular formula is C19H30Cl2N2O3. The molecule has 1 amide bonds. The lowest BCUT2D eigenvalue weighted by molar-refractivity contribution is 0.0690. The zero-order chi connectivity index (χ0) is 18.4. The summed E-state index contributed by atoms with van der Waals surface area (Å²) in [6.07, 6.45) is 2.04. The number of hydrogen-bond acceptors (Lipinski definition) is 4. The van der Waals surface area contributed by atoms with E-state index in [1.54, 1.807) is 19.2 Å². The minimum atomic E-state index is -0.00137. The third-order valence-corrected chi connectivity index (χ3v) is 4.71. The van der Waals surface area contributed by atoms with Gasteiger partial charge in [-0.1, -0.05) is 25.4 Å². The van der Waals surface area contributed by atoms with Crippen LogP contribution in [0.25, 0.3) is 0 Å². The van der Waals surface area contributed by atoms with Gasteiger partial charge in [-0.25, -0.2) is 0 Å². The molecule has 1 aromatic carbocycles. The lowest BCUT2D eigenvalue weighted by Crippen LogP contribution is -2.40. The van der Waals surface area contributed by atoms with Crippen molar-refractivity contribution in [2.75, 3.05) is 40.4 Å². The van der Waals surface area contributed by atoms with Crippen molar-refractivity contribution in [3.05, 3.63) is 22.7 Å². The molecule has 2 rings (SSSR count). The molecule has 1 saturated heterocycles. The summed E-state index contributed by atoms with van der Waals surface area (Å²) in [7, 11) is 3.53. The number of amides is 1. The summed E-state index contributed by atoms with van der Waals surface area (Å²) in [5.74, 6) is 2.02. The average Bonchev–Trinajstić information content (AvgIpc) is 2.60. The topological polar surface area (TPSA) is 50.8 Å². The molecule has 0 aliphatic carbocycles. The van der Waals surface area contributed by atoms with E-state index in [9.17, 15) is 4.79 Å². The van der Waals surface area contributed by atoms with Crippen molar-refractivity contribution in [2.24, 2.45) is 11.8 Å². The smallest absolute Gasteiger partial charge is 0.254 e. The first-order valence-corrected chi connectivity index (χ1v) is 9.28. The summed E-state index contributed by atoms with van der Waals surface area (Å²) in [6, 6.07) is 3.41. The van der Waals surface area contributed by atoms with Crippen LogP contribution < -0.4 is 14.8 Å². The number of likely N-dealkylation sites (tertiary alicyclic amines) is 1. The Kier molecular flexibility index (Phi) is 9.55. The van der Waals surface area contributed by atoms with Crippen molar-refractivity contribution in [1.29, 1.82) is 0 Å². The van der Waals surface area contributed by atoms with Crippen LogP contribution in [0.4, 0.5) is 0 Å². The van der Waals surface area contributed by atoms with Gasteiger partial charge < -0.3 is 19.7 Å². The fraction of sp³-hybridized carbons (Fsp3) is 0.632. The zero-order valence-corrected chi connectivity index (χ0v) is 17.6. The Labute approximate surface area is 167 Å². The number of benzene rings is 1. The summed E-state index contributed by atoms with van der Waals surface area (Å²) in [5, 5.41) is 3.62. The second kappa shape index (κ2) is 10.9. The summed E-state index contributed by atoms with van der Waals surface area (Å²) in [6.45, 7) is 7.23. The minimum absolute atomic E-state index is 0. The Morgan fingerprint density at radius 1 is 1.35 bits per heavy atom. The van der Waals surface area contributed by atoms with Crippen LogP contribution in [0.1, 0.15) is 37.0 Å². The number of halogens is 2. The lowest BCUT2D eigenvalue weighted by atomic mass is 9.96. The van der Waals surface area contributed by atoms with Crippen molar-refractivity contribution in [1.82, 2.24) is 10.2 Å². The van der Waals surface area contributed by atoms with E-state index >= 15 is 0 Å². The minimum Gasteiger partial charge on any atom is -0.493 e. The molecule has 1 heterocycles. The van der Waals surface area contributed by atoms with Crippen molar-refractivity contribution in [3.8, 4) is 11.5 Å². The SMILES string of the molecule is CNCC1CCN(C(=O)c2cc(Cl)c(OCC(C)C)c(OC)c2)CC1.Cl. The molecule has 0 radical (unpaired) electrons. The molecule has 1 aliphatic rings. The summed E-state index contributed by atoms with van der Waals surface area (Å²) in [4.78, 5) is 14.7. The normalized spacial score (nSPS) is 14.9. The molecule has 1 fully saturated rings. The van der Waals surface area contributed by atoms with Crippen LogP contribution in [0.15, 0.2) is 12.1 Å². The molecule has 1 aliphatic heterocycles. The van der Waals surface area contributed by atoms with E-state index in [1.165, 1.54) is 0 Å². The third-order valence-electron chi connectivity index (χ3n) is 4.43. The Balaban J connectivity index is 0.00000338. The highest BCUT2D eigenvalue weighted by molar-refractivity contribution is 6.32. The van der Waals surface area contributed by atoms with Gasteiger partial charge >= 0.3 is 0 Å². The van der Waals surface area contributed by atoms with Gasteiger partial charge in [0.2, 0.25) is 0 Å². The number of piperidine rings is 1. The van der Waals surface area contributed by atoms with Gasteiger partial charge in [0.15, 0.2) is 11.5 Å². The van der Waals surface area contributed by atoms with E-state index in [0.29, 0.717) is 40.5 Å². The molecule has 1 N–H and O–H groups in total. The molecule has 148 valence electrons. The molecule has 1 aromatic rings. The van der Waals surface area contributed by atoms with Crippen LogP contribution in [-0.4, -0.2) is 51.2 Å². The second-order valence-corrected chi connectivity index (χ2v) is 7.39. The molecule has 7 heteroatoms. The molecule has 0 atom stereocenters. The largest absolute Gasteiger partial charge is 0.493 e. The van der Waals surface area contributed by atoms with Gasteiger partial charge in [-0.05, 0) is 50.4 Å². The summed E-state index contributed by atoms with van der Waals surface area (Å²) in [5.41, 5.74) is 0.547. The highest BCUT2D eigenvalue weighted by atomic mass is 35.5. The van der Waals surface area contributed by atoms with Crippen LogP contribution in [0.3, 0.4) is 0 Å². The van der Waals surface area contributed by atoms with Crippen LogP contribution in [0.2, 0.25) is 5.02 Å². The Morgan fingerprint density at radius 3 is 2.54 bits per heavy atom. The van der Waals surface area contributed by atoms with Crippen molar-refractivity contribution in [3.63, 3.8) is 0 Å². The van der Waals surface area contributed by atoms with Crippen LogP contribution in [0, 0.1) is 11.8 Å². The van der Waals surface area contributed by atoms with Gasteiger partial charge in [0, 0.05) is 18.7 Å². The number of hydrogen-bond donors (Lipinski definition) is 1. The van der Waals surface area contributed by atoms with E-state index in [0.717, 1.165) is 32.5 Å². The van der Waals surface area contributed by atoms with Gasteiger partial charge in [0.25, 0.3) is 5.91 Å². The third kappa shape index (κ3) is 5.93. The van der Waals surface area contributed by atoms with Gasteiger partial charge in [0.05, 0.1) is 18.7 Å². The molecule has 0 spiro atoms. The van der Waals surface area contributed by atoms with E-state index in [-0.39, 0.29) is 18.3 Å². The Morgan fingerprint density at radius 2 is 2.00 bits per heavy atom. The predicted octanol–water partition coefficient (Wildman–Crippen LogP) is 3.88. The van der Waals surface area contributed by atoms with E-state index in [2.05, 4.69) is 19.2 Å². The zero-order valence-electron chi connectivity index (χ0n) is 16.0. The highest BCUT2D eigenvalue weighted by Crippen LogP contribution is 2.37. The monoisotopic (exact) mass is 404 g/mol. The molecule has 0 bridgehead atoms. The number of rotatable bonds is 7. The number of methoxy groups -OCH3 is 1. The Hall–Kier alpha value is -1.17. The average molecular weight is 405 g/mol. The lowest BCUT2D eigenvalue weighted by Gasteiger charge is -2.32. The highest BCUT2D eigenvalue weighted by Gasteiger charge is 2.25. The number of carbonyl (C=O) groups is 1. The number of nitrogens with zero attached hydrogens (tertiary/aromatic N) is 1. The van der Waals surface area contributed by atoms with Gasteiger partial charge in [-0.2, -0.15) is 0 Å². The number of carbonyl (C=O) groups excluding carboxylic acids is 1. The first kappa shape index (κ1) is 22.9. The maximum absolute atomic E-state index is 12.8. The van der Waals surface area contributed by atoms with E-state index < -0.39 is 0 Å². The predicted molar refractivity (Wildman–Crippen MR) is 108 cm³/mol. The number of ether oxygens (including phenoxy) is 2. The Bertz CT molecular complexity index is 588. The fourth-order valence-corrected chi connectivity index (χ4v) is 3.31. The quantitative estimate of drug-likeness (QED) is 0.748. The van der Waals surface area contributed by atoms with Gasteiger partial charge in [-0.15, -0.1) is 12.4 Å². The molecular weight excluding hydrogens is 375 g/mol. The molecule has 0 unspecified atom stereocenters. The molecule has 26 heavy (non-hydrogen) atoms. The molecule has 0 saturated carbocycles. The van der Waals surface area contributed by atoms with E-state index in [4.69, 9.17) is 21.1 Å². The molecule has 5 nitrogen and oxygen atoms in total. The summed E-state index contributed by atoms with van der Waals surface area (Å²) < 4.78 is 11.1. The first-order valence-electron chi connectivity index (χ1n) is 8.90. The van der Waals surface area contributed by atoms with Crippen molar-refractivity contribution in [2.45, 2.75) is 26.7 Å². The number of nitrogens with one attached hydrogen (secondary N) is 1. The van der Waals surface area contributed by atoms with Crippen LogP contribution in [-0.2, 0) is 0 Å². The maximum Gasteiger partial charge on any atom is 0.254 e. The van der Waals surface area contributed by atoms with Crippen molar-refractivity contribution >= 4 is 29.9 Å². The maximum atomic E-state index is 12.8. The van der Waals surface area contributed by atoms with Crippen molar-refractivity contribution < 1.29 is 14.3 Å². The molecule has 0 aromatic heterocycles. The van der Waals surface area contributed by atoms with E-state index in [1.807, 2.05) is 11.9 Å².